The van der Waals surface area contributed by atoms with E-state index in [9.17, 15) is 0 Å². The SMILES string of the molecule is CN=C(NCCn1cc(C)cn1)NC1CCN(c2ccc(C)cn2)CC1.I. The van der Waals surface area contributed by atoms with Gasteiger partial charge >= 0.3 is 0 Å². The molecule has 0 saturated carbocycles. The van der Waals surface area contributed by atoms with E-state index in [1.807, 2.05) is 30.3 Å². The van der Waals surface area contributed by atoms with Crippen LogP contribution in [0, 0.1) is 13.8 Å². The number of rotatable bonds is 5. The molecule has 148 valence electrons. The molecule has 2 aromatic rings. The van der Waals surface area contributed by atoms with Gasteiger partial charge in [0.25, 0.3) is 0 Å². The molecule has 8 heteroatoms. The summed E-state index contributed by atoms with van der Waals surface area (Å²) >= 11 is 0. The van der Waals surface area contributed by atoms with Crippen molar-refractivity contribution in [2.75, 3.05) is 31.6 Å². The molecule has 0 unspecified atom stereocenters. The minimum Gasteiger partial charge on any atom is -0.356 e. The van der Waals surface area contributed by atoms with Gasteiger partial charge < -0.3 is 15.5 Å². The van der Waals surface area contributed by atoms with Gasteiger partial charge in [-0.2, -0.15) is 5.10 Å². The highest BCUT2D eigenvalue weighted by Gasteiger charge is 2.20. The zero-order valence-electron chi connectivity index (χ0n) is 16.4. The Morgan fingerprint density at radius 3 is 2.56 bits per heavy atom. The number of anilines is 1. The summed E-state index contributed by atoms with van der Waals surface area (Å²) in [5, 5.41) is 11.2. The van der Waals surface area contributed by atoms with Gasteiger partial charge in [0.05, 0.1) is 12.7 Å². The van der Waals surface area contributed by atoms with E-state index >= 15 is 0 Å². The predicted molar refractivity (Wildman–Crippen MR) is 121 cm³/mol. The van der Waals surface area contributed by atoms with Crippen molar-refractivity contribution >= 4 is 35.8 Å². The van der Waals surface area contributed by atoms with Gasteiger partial charge in [0, 0.05) is 45.1 Å². The molecule has 0 atom stereocenters. The maximum absolute atomic E-state index is 4.54. The number of guanidine groups is 1. The summed E-state index contributed by atoms with van der Waals surface area (Å²) in [4.78, 5) is 11.2. The van der Waals surface area contributed by atoms with Crippen LogP contribution in [0.2, 0.25) is 0 Å². The van der Waals surface area contributed by atoms with Gasteiger partial charge in [-0.25, -0.2) is 4.98 Å². The fourth-order valence-electron chi connectivity index (χ4n) is 3.17. The van der Waals surface area contributed by atoms with Crippen LogP contribution in [-0.4, -0.2) is 53.4 Å². The number of aromatic nitrogens is 3. The van der Waals surface area contributed by atoms with E-state index in [0.717, 1.165) is 50.8 Å². The first kappa shape index (κ1) is 21.5. The van der Waals surface area contributed by atoms with E-state index in [4.69, 9.17) is 0 Å². The van der Waals surface area contributed by atoms with Crippen molar-refractivity contribution in [2.24, 2.45) is 4.99 Å². The number of nitrogens with one attached hydrogen (secondary N) is 2. The Kier molecular flexibility index (Phi) is 8.33. The number of hydrogen-bond donors (Lipinski definition) is 2. The second-order valence-electron chi connectivity index (χ2n) is 6.88. The smallest absolute Gasteiger partial charge is 0.191 e. The van der Waals surface area contributed by atoms with E-state index in [2.05, 4.69) is 56.6 Å². The predicted octanol–water partition coefficient (Wildman–Crippen LogP) is 2.35. The van der Waals surface area contributed by atoms with Crippen LogP contribution in [0.1, 0.15) is 24.0 Å². The summed E-state index contributed by atoms with van der Waals surface area (Å²) in [5.41, 5.74) is 2.38. The Bertz CT molecular complexity index is 718. The largest absolute Gasteiger partial charge is 0.356 e. The maximum Gasteiger partial charge on any atom is 0.191 e. The molecular weight excluding hydrogens is 453 g/mol. The van der Waals surface area contributed by atoms with Crippen LogP contribution >= 0.6 is 24.0 Å². The number of hydrogen-bond acceptors (Lipinski definition) is 4. The Hall–Kier alpha value is -1.84. The minimum absolute atomic E-state index is 0. The molecule has 0 aromatic carbocycles. The van der Waals surface area contributed by atoms with Gasteiger partial charge in [0.1, 0.15) is 5.82 Å². The van der Waals surface area contributed by atoms with Gasteiger partial charge in [0.15, 0.2) is 5.96 Å². The van der Waals surface area contributed by atoms with Crippen molar-refractivity contribution in [1.29, 1.82) is 0 Å². The molecule has 1 saturated heterocycles. The zero-order chi connectivity index (χ0) is 18.4. The van der Waals surface area contributed by atoms with Gasteiger partial charge in [-0.1, -0.05) is 6.07 Å². The standard InChI is InChI=1S/C19H29N7.HI/c1-15-4-5-18(22-12-15)25-9-6-17(7-10-25)24-19(20-3)21-8-11-26-14-16(2)13-23-26;/h4-5,12-14,17H,6-11H2,1-3H3,(H2,20,21,24);1H. The third kappa shape index (κ3) is 6.37. The first-order chi connectivity index (χ1) is 12.6. The van der Waals surface area contributed by atoms with E-state index in [-0.39, 0.29) is 24.0 Å². The van der Waals surface area contributed by atoms with Gasteiger partial charge in [-0.3, -0.25) is 9.67 Å². The first-order valence-electron chi connectivity index (χ1n) is 9.28. The maximum atomic E-state index is 4.54. The van der Waals surface area contributed by atoms with Crippen molar-refractivity contribution in [3.05, 3.63) is 41.9 Å². The molecule has 2 N–H and O–H groups in total. The third-order valence-corrected chi connectivity index (χ3v) is 4.67. The Labute approximate surface area is 178 Å². The number of aryl methyl sites for hydroxylation is 2. The molecule has 3 heterocycles. The molecule has 0 aliphatic carbocycles. The molecule has 3 rings (SSSR count). The summed E-state index contributed by atoms with van der Waals surface area (Å²) in [7, 11) is 1.82. The summed E-state index contributed by atoms with van der Waals surface area (Å²) in [6.07, 6.45) is 8.02. The molecule has 1 fully saturated rings. The quantitative estimate of drug-likeness (QED) is 0.388. The van der Waals surface area contributed by atoms with Crippen LogP contribution in [0.5, 0.6) is 0 Å². The lowest BCUT2D eigenvalue weighted by Crippen LogP contribution is -2.49. The van der Waals surface area contributed by atoms with Crippen LogP contribution in [0.15, 0.2) is 35.7 Å². The van der Waals surface area contributed by atoms with Gasteiger partial charge in [0.2, 0.25) is 0 Å². The highest BCUT2D eigenvalue weighted by atomic mass is 127. The average molecular weight is 483 g/mol. The van der Waals surface area contributed by atoms with E-state index in [0.29, 0.717) is 6.04 Å². The number of nitrogens with zero attached hydrogens (tertiary/aromatic N) is 5. The molecule has 7 nitrogen and oxygen atoms in total. The number of aliphatic imine (C=N–C) groups is 1. The van der Waals surface area contributed by atoms with Crippen LogP contribution in [0.3, 0.4) is 0 Å². The fraction of sp³-hybridized carbons (Fsp3) is 0.526. The lowest BCUT2D eigenvalue weighted by atomic mass is 10.1. The number of piperidine rings is 1. The molecule has 0 radical (unpaired) electrons. The third-order valence-electron chi connectivity index (χ3n) is 4.67. The average Bonchev–Trinajstić information content (AvgIpc) is 3.07. The minimum atomic E-state index is 0. The lowest BCUT2D eigenvalue weighted by molar-refractivity contribution is 0.458. The van der Waals surface area contributed by atoms with Crippen molar-refractivity contribution in [3.63, 3.8) is 0 Å². The summed E-state index contributed by atoms with van der Waals surface area (Å²) in [6.45, 7) is 7.77. The molecule has 1 aliphatic heterocycles. The number of pyridine rings is 1. The lowest BCUT2D eigenvalue weighted by Gasteiger charge is -2.33. The van der Waals surface area contributed by atoms with E-state index in [1.54, 1.807) is 0 Å². The molecule has 27 heavy (non-hydrogen) atoms. The Morgan fingerprint density at radius 2 is 1.96 bits per heavy atom. The van der Waals surface area contributed by atoms with Crippen molar-refractivity contribution in [3.8, 4) is 0 Å². The second kappa shape index (κ2) is 10.5. The van der Waals surface area contributed by atoms with Crippen LogP contribution in [-0.2, 0) is 6.54 Å². The topological polar surface area (TPSA) is 70.4 Å². The molecule has 0 bridgehead atoms. The molecule has 2 aromatic heterocycles. The summed E-state index contributed by atoms with van der Waals surface area (Å²) in [6, 6.07) is 4.68. The van der Waals surface area contributed by atoms with Gasteiger partial charge in [-0.05, 0) is 43.9 Å². The molecular formula is C19H30IN7. The van der Waals surface area contributed by atoms with Crippen molar-refractivity contribution < 1.29 is 0 Å². The van der Waals surface area contributed by atoms with E-state index in [1.165, 1.54) is 11.1 Å². The summed E-state index contributed by atoms with van der Waals surface area (Å²) < 4.78 is 1.95. The summed E-state index contributed by atoms with van der Waals surface area (Å²) in [5.74, 6) is 1.94. The highest BCUT2D eigenvalue weighted by molar-refractivity contribution is 14.0. The van der Waals surface area contributed by atoms with E-state index < -0.39 is 0 Å². The van der Waals surface area contributed by atoms with Crippen LogP contribution in [0.25, 0.3) is 0 Å². The van der Waals surface area contributed by atoms with Crippen LogP contribution < -0.4 is 15.5 Å². The number of halogens is 1. The normalized spacial score (nSPS) is 15.4. The van der Waals surface area contributed by atoms with Gasteiger partial charge in [-0.15, -0.1) is 24.0 Å². The highest BCUT2D eigenvalue weighted by Crippen LogP contribution is 2.17. The first-order valence-corrected chi connectivity index (χ1v) is 9.28. The van der Waals surface area contributed by atoms with Crippen LogP contribution in [0.4, 0.5) is 5.82 Å². The second-order valence-corrected chi connectivity index (χ2v) is 6.88. The molecule has 0 spiro atoms. The zero-order valence-corrected chi connectivity index (χ0v) is 18.7. The Balaban J connectivity index is 0.00000261. The molecule has 1 aliphatic rings. The monoisotopic (exact) mass is 483 g/mol. The molecule has 0 amide bonds. The Morgan fingerprint density at radius 1 is 1.19 bits per heavy atom. The van der Waals surface area contributed by atoms with Crippen molar-refractivity contribution in [1.82, 2.24) is 25.4 Å². The van der Waals surface area contributed by atoms with Crippen molar-refractivity contribution in [2.45, 2.75) is 39.3 Å². The fourth-order valence-corrected chi connectivity index (χ4v) is 3.17.